The number of rotatable bonds is 5. The van der Waals surface area contributed by atoms with Crippen LogP contribution in [0.15, 0.2) is 35.0 Å². The van der Waals surface area contributed by atoms with Gasteiger partial charge < -0.3 is 20.2 Å². The molecule has 0 saturated carbocycles. The highest BCUT2D eigenvalue weighted by atomic mass is 16.3. The van der Waals surface area contributed by atoms with Gasteiger partial charge in [0.25, 0.3) is 0 Å². The summed E-state index contributed by atoms with van der Waals surface area (Å²) in [4.78, 5) is 27.2. The molecule has 0 aliphatic heterocycles. The fourth-order valence-corrected chi connectivity index (χ4v) is 2.16. The summed E-state index contributed by atoms with van der Waals surface area (Å²) in [5, 5.41) is 15.0. The summed E-state index contributed by atoms with van der Waals surface area (Å²) in [5.74, 6) is -0.170. The Hall–Kier alpha value is -2.67. The first-order valence-electron chi connectivity index (χ1n) is 7.21. The third kappa shape index (κ3) is 4.65. The molecule has 2 heterocycles. The van der Waals surface area contributed by atoms with Crippen LogP contribution in [0.25, 0.3) is 0 Å². The van der Waals surface area contributed by atoms with E-state index in [2.05, 4.69) is 15.6 Å². The maximum absolute atomic E-state index is 11.7. The van der Waals surface area contributed by atoms with Crippen LogP contribution in [-0.2, 0) is 9.59 Å². The number of furan rings is 1. The molecular formula is C16H19N3O4. The van der Waals surface area contributed by atoms with Crippen molar-refractivity contribution in [2.45, 2.75) is 26.4 Å². The lowest BCUT2D eigenvalue weighted by atomic mass is 10.1. The third-order valence-electron chi connectivity index (χ3n) is 3.27. The van der Waals surface area contributed by atoms with E-state index in [4.69, 9.17) is 4.42 Å². The van der Waals surface area contributed by atoms with E-state index in [1.807, 2.05) is 0 Å². The van der Waals surface area contributed by atoms with Crippen molar-refractivity contribution in [2.24, 2.45) is 0 Å². The van der Waals surface area contributed by atoms with Gasteiger partial charge >= 0.3 is 11.8 Å². The second-order valence-electron chi connectivity index (χ2n) is 5.12. The molecule has 2 aromatic heterocycles. The zero-order valence-corrected chi connectivity index (χ0v) is 13.0. The van der Waals surface area contributed by atoms with Crippen molar-refractivity contribution in [3.63, 3.8) is 0 Å². The van der Waals surface area contributed by atoms with Crippen LogP contribution < -0.4 is 10.6 Å². The molecule has 0 aliphatic rings. The number of nitrogens with one attached hydrogen (secondary N) is 2. The number of anilines is 1. The summed E-state index contributed by atoms with van der Waals surface area (Å²) in [6.07, 6.45) is 2.54. The highest BCUT2D eigenvalue weighted by Gasteiger charge is 2.17. The third-order valence-corrected chi connectivity index (χ3v) is 3.27. The van der Waals surface area contributed by atoms with Crippen molar-refractivity contribution >= 4 is 17.5 Å². The summed E-state index contributed by atoms with van der Waals surface area (Å²) in [6, 6.07) is 5.04. The Bertz CT molecular complexity index is 682. The molecule has 3 N–H and O–H groups in total. The summed E-state index contributed by atoms with van der Waals surface area (Å²) in [5.41, 5.74) is 1.13. The van der Waals surface area contributed by atoms with E-state index in [0.717, 1.165) is 5.76 Å². The van der Waals surface area contributed by atoms with Crippen molar-refractivity contribution in [1.82, 2.24) is 10.3 Å². The summed E-state index contributed by atoms with van der Waals surface area (Å²) in [6.45, 7) is 3.74. The van der Waals surface area contributed by atoms with Gasteiger partial charge in [-0.1, -0.05) is 0 Å². The van der Waals surface area contributed by atoms with Gasteiger partial charge in [0.1, 0.15) is 11.5 Å². The van der Waals surface area contributed by atoms with Crippen molar-refractivity contribution in [2.75, 3.05) is 11.9 Å². The van der Waals surface area contributed by atoms with Crippen molar-refractivity contribution < 1.29 is 19.1 Å². The summed E-state index contributed by atoms with van der Waals surface area (Å²) < 4.78 is 5.35. The van der Waals surface area contributed by atoms with E-state index in [1.165, 1.54) is 6.20 Å². The first-order chi connectivity index (χ1) is 11.0. The van der Waals surface area contributed by atoms with Crippen LogP contribution in [0.3, 0.4) is 0 Å². The smallest absolute Gasteiger partial charge is 0.313 e. The second kappa shape index (κ2) is 7.55. The number of hydrogen-bond donors (Lipinski definition) is 3. The van der Waals surface area contributed by atoms with Gasteiger partial charge in [0.15, 0.2) is 0 Å². The SMILES string of the molecule is Cc1cc(C(O)CCNC(=O)C(=O)Nc2cccnc2)c(C)o1. The fourth-order valence-electron chi connectivity index (χ4n) is 2.16. The lowest BCUT2D eigenvalue weighted by Gasteiger charge is -2.10. The molecular weight excluding hydrogens is 298 g/mol. The zero-order chi connectivity index (χ0) is 16.8. The molecule has 0 spiro atoms. The van der Waals surface area contributed by atoms with Gasteiger partial charge in [0.2, 0.25) is 0 Å². The van der Waals surface area contributed by atoms with Crippen LogP contribution >= 0.6 is 0 Å². The van der Waals surface area contributed by atoms with Crippen molar-refractivity contribution in [1.29, 1.82) is 0 Å². The van der Waals surface area contributed by atoms with E-state index >= 15 is 0 Å². The van der Waals surface area contributed by atoms with E-state index in [0.29, 0.717) is 17.0 Å². The van der Waals surface area contributed by atoms with Gasteiger partial charge in [0, 0.05) is 18.3 Å². The van der Waals surface area contributed by atoms with E-state index in [9.17, 15) is 14.7 Å². The lowest BCUT2D eigenvalue weighted by molar-refractivity contribution is -0.136. The van der Waals surface area contributed by atoms with Gasteiger partial charge in [-0.25, -0.2) is 0 Å². The molecule has 2 rings (SSSR count). The number of amides is 2. The van der Waals surface area contributed by atoms with Crippen LogP contribution in [0.2, 0.25) is 0 Å². The number of aliphatic hydroxyl groups excluding tert-OH is 1. The second-order valence-corrected chi connectivity index (χ2v) is 5.12. The predicted octanol–water partition coefficient (Wildman–Crippen LogP) is 1.47. The molecule has 0 radical (unpaired) electrons. The summed E-state index contributed by atoms with van der Waals surface area (Å²) in [7, 11) is 0. The Morgan fingerprint density at radius 2 is 2.13 bits per heavy atom. The van der Waals surface area contributed by atoms with Gasteiger partial charge in [-0.05, 0) is 38.5 Å². The van der Waals surface area contributed by atoms with Gasteiger partial charge in [0.05, 0.1) is 18.0 Å². The topological polar surface area (TPSA) is 104 Å². The Labute approximate surface area is 133 Å². The number of aryl methyl sites for hydroxylation is 2. The maximum atomic E-state index is 11.7. The molecule has 0 aliphatic carbocycles. The number of pyridine rings is 1. The zero-order valence-electron chi connectivity index (χ0n) is 13.0. The van der Waals surface area contributed by atoms with Crippen LogP contribution in [0.5, 0.6) is 0 Å². The van der Waals surface area contributed by atoms with E-state index < -0.39 is 17.9 Å². The first kappa shape index (κ1) is 16.7. The van der Waals surface area contributed by atoms with Crippen LogP contribution in [0.4, 0.5) is 5.69 Å². The Balaban J connectivity index is 1.78. The van der Waals surface area contributed by atoms with Crippen molar-refractivity contribution in [3.8, 4) is 0 Å². The molecule has 0 aromatic carbocycles. The quantitative estimate of drug-likeness (QED) is 0.724. The average Bonchev–Trinajstić information content (AvgIpc) is 2.86. The molecule has 7 nitrogen and oxygen atoms in total. The van der Waals surface area contributed by atoms with Gasteiger partial charge in [-0.2, -0.15) is 0 Å². The lowest BCUT2D eigenvalue weighted by Crippen LogP contribution is -2.36. The number of carbonyl (C=O) groups is 2. The van der Waals surface area contributed by atoms with Crippen LogP contribution in [-0.4, -0.2) is 28.4 Å². The van der Waals surface area contributed by atoms with E-state index in [-0.39, 0.29) is 13.0 Å². The number of nitrogens with zero attached hydrogens (tertiary/aromatic N) is 1. The predicted molar refractivity (Wildman–Crippen MR) is 83.6 cm³/mol. The molecule has 2 aromatic rings. The monoisotopic (exact) mass is 317 g/mol. The number of carbonyl (C=O) groups excluding carboxylic acids is 2. The molecule has 0 fully saturated rings. The highest BCUT2D eigenvalue weighted by molar-refractivity contribution is 6.39. The minimum atomic E-state index is -0.775. The maximum Gasteiger partial charge on any atom is 0.313 e. The molecule has 7 heteroatoms. The molecule has 0 saturated heterocycles. The number of hydrogen-bond acceptors (Lipinski definition) is 5. The molecule has 1 unspecified atom stereocenters. The molecule has 0 bridgehead atoms. The average molecular weight is 317 g/mol. The Morgan fingerprint density at radius 3 is 2.74 bits per heavy atom. The largest absolute Gasteiger partial charge is 0.466 e. The minimum Gasteiger partial charge on any atom is -0.466 e. The summed E-state index contributed by atoms with van der Waals surface area (Å²) >= 11 is 0. The van der Waals surface area contributed by atoms with Gasteiger partial charge in [-0.3, -0.25) is 14.6 Å². The Morgan fingerprint density at radius 1 is 1.35 bits per heavy atom. The van der Waals surface area contributed by atoms with Crippen LogP contribution in [0, 0.1) is 13.8 Å². The molecule has 122 valence electrons. The standard InChI is InChI=1S/C16H19N3O4/c1-10-8-13(11(2)23-10)14(20)5-7-18-15(21)16(22)19-12-4-3-6-17-9-12/h3-4,6,8-9,14,20H,5,7H2,1-2H3,(H,18,21)(H,19,22). The minimum absolute atomic E-state index is 0.171. The van der Waals surface area contributed by atoms with Crippen molar-refractivity contribution in [3.05, 3.63) is 47.7 Å². The number of aliphatic hydroxyl groups is 1. The number of aromatic nitrogens is 1. The molecule has 1 atom stereocenters. The molecule has 2 amide bonds. The highest BCUT2D eigenvalue weighted by Crippen LogP contribution is 2.23. The molecule has 23 heavy (non-hydrogen) atoms. The Kier molecular flexibility index (Phi) is 5.48. The van der Waals surface area contributed by atoms with Crippen LogP contribution in [0.1, 0.15) is 29.6 Å². The first-order valence-corrected chi connectivity index (χ1v) is 7.21. The van der Waals surface area contributed by atoms with Gasteiger partial charge in [-0.15, -0.1) is 0 Å². The van der Waals surface area contributed by atoms with E-state index in [1.54, 1.807) is 38.2 Å². The normalized spacial score (nSPS) is 11.8. The fraction of sp³-hybridized carbons (Fsp3) is 0.312.